The van der Waals surface area contributed by atoms with Gasteiger partial charge in [-0.05, 0) is 30.7 Å². The zero-order valence-electron chi connectivity index (χ0n) is 11.6. The number of benzene rings is 1. The number of nitrogens with zero attached hydrogens (tertiary/aromatic N) is 2. The van der Waals surface area contributed by atoms with Crippen LogP contribution in [0.1, 0.15) is 15.9 Å². The molecule has 112 valence electrons. The van der Waals surface area contributed by atoms with E-state index in [0.29, 0.717) is 11.1 Å². The standard InChI is InChI=1S/C15H12N2O4S/c1-11-6-2-3-8-14(11)22(19,20)21-15(18)12-10-16-17-9-5-4-7-13(12)17/h2-10H,1H3. The van der Waals surface area contributed by atoms with Crippen LogP contribution in [0, 0.1) is 6.92 Å². The highest BCUT2D eigenvalue weighted by Crippen LogP contribution is 2.19. The highest BCUT2D eigenvalue weighted by molar-refractivity contribution is 7.87. The number of rotatable bonds is 3. The molecule has 3 aromatic rings. The van der Waals surface area contributed by atoms with Gasteiger partial charge in [0.1, 0.15) is 10.5 Å². The fraction of sp³-hybridized carbons (Fsp3) is 0.0667. The van der Waals surface area contributed by atoms with E-state index in [9.17, 15) is 13.2 Å². The lowest BCUT2D eigenvalue weighted by atomic mass is 10.2. The van der Waals surface area contributed by atoms with Crippen LogP contribution in [-0.2, 0) is 14.3 Å². The molecular weight excluding hydrogens is 304 g/mol. The van der Waals surface area contributed by atoms with E-state index in [1.807, 2.05) is 0 Å². The van der Waals surface area contributed by atoms with Gasteiger partial charge in [-0.15, -0.1) is 0 Å². The molecule has 3 rings (SSSR count). The molecule has 0 aliphatic carbocycles. The third-order valence-electron chi connectivity index (χ3n) is 3.19. The molecule has 22 heavy (non-hydrogen) atoms. The maximum absolute atomic E-state index is 12.2. The predicted octanol–water partition coefficient (Wildman–Crippen LogP) is 2.19. The van der Waals surface area contributed by atoms with Gasteiger partial charge in [0.2, 0.25) is 0 Å². The second-order valence-electron chi connectivity index (χ2n) is 4.68. The Kier molecular flexibility index (Phi) is 3.42. The Morgan fingerprint density at radius 2 is 1.86 bits per heavy atom. The Morgan fingerprint density at radius 3 is 2.64 bits per heavy atom. The smallest absolute Gasteiger partial charge is 0.338 e. The Labute approximate surface area is 127 Å². The van der Waals surface area contributed by atoms with Crippen molar-refractivity contribution in [2.75, 3.05) is 0 Å². The zero-order chi connectivity index (χ0) is 15.7. The summed E-state index contributed by atoms with van der Waals surface area (Å²) in [5, 5.41) is 3.98. The van der Waals surface area contributed by atoms with Gasteiger partial charge in [0.05, 0.1) is 11.7 Å². The highest BCUT2D eigenvalue weighted by Gasteiger charge is 2.24. The molecule has 1 aromatic carbocycles. The molecule has 0 aliphatic rings. The Morgan fingerprint density at radius 1 is 1.14 bits per heavy atom. The van der Waals surface area contributed by atoms with Crippen molar-refractivity contribution in [2.45, 2.75) is 11.8 Å². The second kappa shape index (κ2) is 5.27. The highest BCUT2D eigenvalue weighted by atomic mass is 32.2. The third kappa shape index (κ3) is 2.46. The molecule has 6 nitrogen and oxygen atoms in total. The first kappa shape index (κ1) is 14.3. The summed E-state index contributed by atoms with van der Waals surface area (Å²) in [6.45, 7) is 1.63. The predicted molar refractivity (Wildman–Crippen MR) is 79.0 cm³/mol. The summed E-state index contributed by atoms with van der Waals surface area (Å²) in [5.41, 5.74) is 1.08. The Bertz CT molecular complexity index is 960. The molecule has 0 bridgehead atoms. The molecule has 0 unspecified atom stereocenters. The van der Waals surface area contributed by atoms with Crippen LogP contribution in [0.15, 0.2) is 59.8 Å². The van der Waals surface area contributed by atoms with Gasteiger partial charge in [0, 0.05) is 6.20 Å². The lowest BCUT2D eigenvalue weighted by Gasteiger charge is -2.07. The quantitative estimate of drug-likeness (QED) is 0.692. The molecule has 7 heteroatoms. The van der Waals surface area contributed by atoms with Crippen molar-refractivity contribution in [1.29, 1.82) is 0 Å². The lowest BCUT2D eigenvalue weighted by molar-refractivity contribution is 0.0748. The summed E-state index contributed by atoms with van der Waals surface area (Å²) in [5.74, 6) is -0.954. The van der Waals surface area contributed by atoms with Crippen LogP contribution >= 0.6 is 0 Å². The van der Waals surface area contributed by atoms with E-state index in [0.717, 1.165) is 0 Å². The van der Waals surface area contributed by atoms with Crippen LogP contribution in [0.3, 0.4) is 0 Å². The third-order valence-corrected chi connectivity index (χ3v) is 4.56. The summed E-state index contributed by atoms with van der Waals surface area (Å²) < 4.78 is 30.7. The average molecular weight is 316 g/mol. The first-order valence-corrected chi connectivity index (χ1v) is 7.87. The van der Waals surface area contributed by atoms with E-state index in [2.05, 4.69) is 5.10 Å². The molecule has 0 fully saturated rings. The molecule has 2 heterocycles. The molecule has 0 aliphatic heterocycles. The van der Waals surface area contributed by atoms with Gasteiger partial charge < -0.3 is 4.18 Å². The molecule has 2 aromatic heterocycles. The van der Waals surface area contributed by atoms with E-state index < -0.39 is 16.1 Å². The monoisotopic (exact) mass is 316 g/mol. The van der Waals surface area contributed by atoms with Crippen LogP contribution < -0.4 is 0 Å². The number of aryl methyl sites for hydroxylation is 1. The number of carbonyl (C=O) groups is 1. The summed E-state index contributed by atoms with van der Waals surface area (Å²) in [7, 11) is -4.17. The zero-order valence-corrected chi connectivity index (χ0v) is 12.4. The van der Waals surface area contributed by atoms with Crippen molar-refractivity contribution in [3.8, 4) is 0 Å². The normalized spacial score (nSPS) is 11.5. The molecule has 0 amide bonds. The summed E-state index contributed by atoms with van der Waals surface area (Å²) in [4.78, 5) is 12.1. The van der Waals surface area contributed by atoms with Crippen LogP contribution in [0.5, 0.6) is 0 Å². The fourth-order valence-electron chi connectivity index (χ4n) is 2.12. The Hall–Kier alpha value is -2.67. The molecule has 0 atom stereocenters. The minimum Gasteiger partial charge on any atom is -0.338 e. The van der Waals surface area contributed by atoms with E-state index in [1.54, 1.807) is 49.5 Å². The number of carbonyl (C=O) groups excluding carboxylic acids is 1. The largest absolute Gasteiger partial charge is 0.357 e. The molecule has 0 N–H and O–H groups in total. The molecule has 0 saturated carbocycles. The number of pyridine rings is 1. The van der Waals surface area contributed by atoms with Gasteiger partial charge in [0.25, 0.3) is 0 Å². The van der Waals surface area contributed by atoms with E-state index in [-0.39, 0.29) is 10.5 Å². The molecule has 0 saturated heterocycles. The van der Waals surface area contributed by atoms with Gasteiger partial charge in [0.15, 0.2) is 0 Å². The number of aromatic nitrogens is 2. The average Bonchev–Trinajstić information content (AvgIpc) is 2.91. The van der Waals surface area contributed by atoms with Crippen molar-refractivity contribution >= 4 is 21.6 Å². The van der Waals surface area contributed by atoms with Crippen molar-refractivity contribution in [3.05, 3.63) is 66.0 Å². The van der Waals surface area contributed by atoms with Crippen molar-refractivity contribution in [2.24, 2.45) is 0 Å². The first-order chi connectivity index (χ1) is 10.5. The van der Waals surface area contributed by atoms with Crippen LogP contribution in [0.25, 0.3) is 5.52 Å². The number of hydrogen-bond acceptors (Lipinski definition) is 5. The molecular formula is C15H12N2O4S. The van der Waals surface area contributed by atoms with Gasteiger partial charge in [-0.1, -0.05) is 24.3 Å². The minimum atomic E-state index is -4.17. The lowest BCUT2D eigenvalue weighted by Crippen LogP contribution is -2.14. The van der Waals surface area contributed by atoms with Gasteiger partial charge >= 0.3 is 16.1 Å². The second-order valence-corrected chi connectivity index (χ2v) is 6.19. The minimum absolute atomic E-state index is 0.0279. The first-order valence-electron chi connectivity index (χ1n) is 6.46. The maximum atomic E-state index is 12.2. The number of hydrogen-bond donors (Lipinski definition) is 0. The van der Waals surface area contributed by atoms with Gasteiger partial charge in [-0.25, -0.2) is 9.31 Å². The van der Waals surface area contributed by atoms with Crippen LogP contribution in [-0.4, -0.2) is 24.0 Å². The summed E-state index contributed by atoms with van der Waals surface area (Å²) in [6, 6.07) is 11.4. The van der Waals surface area contributed by atoms with E-state index >= 15 is 0 Å². The van der Waals surface area contributed by atoms with Gasteiger partial charge in [-0.3, -0.25) is 0 Å². The van der Waals surface area contributed by atoms with E-state index in [4.69, 9.17) is 4.18 Å². The number of fused-ring (bicyclic) bond motifs is 1. The summed E-state index contributed by atoms with van der Waals surface area (Å²) >= 11 is 0. The topological polar surface area (TPSA) is 77.7 Å². The molecule has 0 radical (unpaired) electrons. The van der Waals surface area contributed by atoms with Crippen molar-refractivity contribution in [1.82, 2.24) is 9.61 Å². The van der Waals surface area contributed by atoms with Crippen molar-refractivity contribution in [3.63, 3.8) is 0 Å². The SMILES string of the molecule is Cc1ccccc1S(=O)(=O)OC(=O)c1cnn2ccccc12. The van der Waals surface area contributed by atoms with Crippen molar-refractivity contribution < 1.29 is 17.4 Å². The maximum Gasteiger partial charge on any atom is 0.357 e. The Balaban J connectivity index is 1.96. The molecule has 0 spiro atoms. The summed E-state index contributed by atoms with van der Waals surface area (Å²) in [6.07, 6.45) is 2.94. The van der Waals surface area contributed by atoms with Gasteiger partial charge in [-0.2, -0.15) is 13.5 Å². The van der Waals surface area contributed by atoms with Crippen LogP contribution in [0.4, 0.5) is 0 Å². The fourth-order valence-corrected chi connectivity index (χ4v) is 3.20. The van der Waals surface area contributed by atoms with Crippen LogP contribution in [0.2, 0.25) is 0 Å². The van der Waals surface area contributed by atoms with E-state index in [1.165, 1.54) is 16.8 Å².